The number of hydrogen-bond donors (Lipinski definition) is 5. The van der Waals surface area contributed by atoms with Crippen molar-refractivity contribution in [2.45, 2.75) is 44.7 Å². The van der Waals surface area contributed by atoms with Gasteiger partial charge in [0.1, 0.15) is 6.04 Å². The Morgan fingerprint density at radius 2 is 1.60 bits per heavy atom. The molecule has 0 spiro atoms. The van der Waals surface area contributed by atoms with Crippen LogP contribution in [0.1, 0.15) is 36.8 Å². The molecule has 13 nitrogen and oxygen atoms in total. The third-order valence-electron chi connectivity index (χ3n) is 8.85. The normalized spacial score (nSPS) is 16.6. The summed E-state index contributed by atoms with van der Waals surface area (Å²) in [5.41, 5.74) is 8.82. The fourth-order valence-corrected chi connectivity index (χ4v) is 6.04. The Morgan fingerprint density at radius 1 is 0.896 bits per heavy atom. The molecule has 2 amide bonds. The number of anilines is 1. The molecule has 0 bridgehead atoms. The van der Waals surface area contributed by atoms with Crippen molar-refractivity contribution in [3.63, 3.8) is 0 Å². The lowest BCUT2D eigenvalue weighted by Crippen LogP contribution is -2.48. The molecule has 0 unspecified atom stereocenters. The van der Waals surface area contributed by atoms with Crippen LogP contribution in [0.25, 0.3) is 22.5 Å². The van der Waals surface area contributed by atoms with E-state index in [1.165, 1.54) is 4.57 Å². The van der Waals surface area contributed by atoms with E-state index in [4.69, 9.17) is 5.73 Å². The highest BCUT2D eigenvalue weighted by Gasteiger charge is 2.29. The van der Waals surface area contributed by atoms with E-state index in [0.717, 1.165) is 42.4 Å². The van der Waals surface area contributed by atoms with Gasteiger partial charge in [0, 0.05) is 29.8 Å². The summed E-state index contributed by atoms with van der Waals surface area (Å²) >= 11 is 0. The second kappa shape index (κ2) is 14.8. The van der Waals surface area contributed by atoms with Crippen LogP contribution in [0.2, 0.25) is 0 Å². The van der Waals surface area contributed by atoms with Gasteiger partial charge in [-0.25, -0.2) is 4.79 Å². The first-order chi connectivity index (χ1) is 23.4. The molecular formula is C35H37N9O4. The lowest BCUT2D eigenvalue weighted by molar-refractivity contribution is -0.130. The number of carbonyl (C=O) groups excluding carboxylic acids is 2. The largest absolute Gasteiger partial charge is 0.344 e. The maximum Gasteiger partial charge on any atom is 0.328 e. The zero-order chi connectivity index (χ0) is 33.5. The molecule has 1 aliphatic carbocycles. The molecule has 13 heteroatoms. The van der Waals surface area contributed by atoms with Gasteiger partial charge in [-0.2, -0.15) is 5.21 Å². The molecular weight excluding hydrogens is 610 g/mol. The lowest BCUT2D eigenvalue weighted by Gasteiger charge is -2.28. The molecule has 3 aromatic carbocycles. The molecule has 2 heterocycles. The van der Waals surface area contributed by atoms with Gasteiger partial charge in [-0.3, -0.25) is 23.9 Å². The number of nitrogens with two attached hydrogens (primary N) is 1. The van der Waals surface area contributed by atoms with E-state index >= 15 is 0 Å². The van der Waals surface area contributed by atoms with E-state index in [9.17, 15) is 19.2 Å². The quantitative estimate of drug-likeness (QED) is 0.144. The fourth-order valence-electron chi connectivity index (χ4n) is 6.04. The monoisotopic (exact) mass is 647 g/mol. The van der Waals surface area contributed by atoms with E-state index in [0.29, 0.717) is 41.6 Å². The number of hydrogen-bond acceptors (Lipinski definition) is 8. The van der Waals surface area contributed by atoms with Gasteiger partial charge in [0.2, 0.25) is 17.6 Å². The van der Waals surface area contributed by atoms with Crippen molar-refractivity contribution in [1.82, 2.24) is 35.5 Å². The molecule has 6 rings (SSSR count). The number of rotatable bonds is 11. The van der Waals surface area contributed by atoms with Crippen LogP contribution < -0.4 is 27.6 Å². The molecule has 246 valence electrons. The minimum atomic E-state index is -0.858. The summed E-state index contributed by atoms with van der Waals surface area (Å²) in [6.45, 7) is 0.923. The van der Waals surface area contributed by atoms with Crippen LogP contribution in [0.5, 0.6) is 0 Å². The predicted molar refractivity (Wildman–Crippen MR) is 181 cm³/mol. The number of aromatic nitrogens is 6. The molecule has 48 heavy (non-hydrogen) atoms. The van der Waals surface area contributed by atoms with Crippen LogP contribution in [0.4, 0.5) is 5.69 Å². The van der Waals surface area contributed by atoms with Crippen LogP contribution in [0, 0.1) is 11.8 Å². The molecule has 0 radical (unpaired) electrons. The van der Waals surface area contributed by atoms with Crippen molar-refractivity contribution in [3.8, 4) is 22.5 Å². The molecule has 6 N–H and O–H groups in total. The number of tetrazole rings is 1. The fraction of sp³-hybridized carbons (Fsp3) is 0.286. The van der Waals surface area contributed by atoms with Crippen LogP contribution >= 0.6 is 0 Å². The number of H-pyrrole nitrogens is 2. The van der Waals surface area contributed by atoms with Gasteiger partial charge in [-0.05, 0) is 84.3 Å². The Balaban J connectivity index is 1.19. The van der Waals surface area contributed by atoms with Crippen LogP contribution in [0.3, 0.4) is 0 Å². The number of amides is 2. The van der Waals surface area contributed by atoms with E-state index in [1.807, 2.05) is 42.5 Å². The highest BCUT2D eigenvalue weighted by atomic mass is 16.2. The number of benzene rings is 3. The van der Waals surface area contributed by atoms with Crippen molar-refractivity contribution in [1.29, 1.82) is 0 Å². The average molecular weight is 648 g/mol. The Bertz CT molecular complexity index is 1950. The molecule has 1 atom stereocenters. The first kappa shape index (κ1) is 32.3. The molecule has 2 aromatic heterocycles. The van der Waals surface area contributed by atoms with Crippen molar-refractivity contribution < 1.29 is 9.59 Å². The third-order valence-corrected chi connectivity index (χ3v) is 8.85. The predicted octanol–water partition coefficient (Wildman–Crippen LogP) is 2.86. The first-order valence-corrected chi connectivity index (χ1v) is 16.0. The van der Waals surface area contributed by atoms with E-state index in [2.05, 4.69) is 36.2 Å². The van der Waals surface area contributed by atoms with Gasteiger partial charge in [0.05, 0.1) is 12.1 Å². The molecule has 5 aromatic rings. The van der Waals surface area contributed by atoms with Gasteiger partial charge >= 0.3 is 5.69 Å². The van der Waals surface area contributed by atoms with Crippen molar-refractivity contribution >= 4 is 17.5 Å². The third kappa shape index (κ3) is 7.81. The standard InChI is InChI=1S/C35H37N9O4/c36-19-23-8-12-27(13-9-23)32(45)38-30(34(47)37-28-16-14-26(15-17-28)31-40-42-43-41-31)18-22-6-10-25(11-7-22)29-21-44(35(48)39-33(29)46)20-24-4-2-1-3-5-24/h1-7,10-11,14-17,21,23,27,30H,8-9,12-13,18-20,36H2,(H,37,47)(H,38,45)(H,39,46,48)(H,40,41,42,43)/t23-,27-,30-/m0/s1. The van der Waals surface area contributed by atoms with Crippen molar-refractivity contribution in [3.05, 3.63) is 117 Å². The maximum atomic E-state index is 13.6. The number of aromatic amines is 2. The Labute approximate surface area is 276 Å². The Morgan fingerprint density at radius 3 is 2.27 bits per heavy atom. The number of nitrogens with one attached hydrogen (secondary N) is 4. The van der Waals surface area contributed by atoms with Crippen molar-refractivity contribution in [2.24, 2.45) is 17.6 Å². The first-order valence-electron chi connectivity index (χ1n) is 16.0. The van der Waals surface area contributed by atoms with Crippen LogP contribution in [-0.2, 0) is 22.6 Å². The van der Waals surface area contributed by atoms with E-state index in [1.54, 1.807) is 42.6 Å². The zero-order valence-electron chi connectivity index (χ0n) is 26.3. The molecule has 1 fully saturated rings. The summed E-state index contributed by atoms with van der Waals surface area (Å²) in [5.74, 6) is 0.162. The van der Waals surface area contributed by atoms with Gasteiger partial charge in [-0.1, -0.05) is 54.6 Å². The number of carbonyl (C=O) groups is 2. The van der Waals surface area contributed by atoms with Crippen LogP contribution in [-0.4, -0.2) is 54.6 Å². The molecule has 1 saturated carbocycles. The highest BCUT2D eigenvalue weighted by Crippen LogP contribution is 2.28. The summed E-state index contributed by atoms with van der Waals surface area (Å²) in [7, 11) is 0. The summed E-state index contributed by atoms with van der Waals surface area (Å²) in [6, 6.07) is 22.8. The minimum absolute atomic E-state index is 0.151. The average Bonchev–Trinajstić information content (AvgIpc) is 3.66. The Hall–Kier alpha value is -5.69. The van der Waals surface area contributed by atoms with Gasteiger partial charge in [0.15, 0.2) is 0 Å². The minimum Gasteiger partial charge on any atom is -0.344 e. The second-order valence-corrected chi connectivity index (χ2v) is 12.1. The van der Waals surface area contributed by atoms with Gasteiger partial charge in [0.25, 0.3) is 5.56 Å². The SMILES string of the molecule is NC[C@H]1CC[C@H](C(=O)N[C@@H](Cc2ccc(-c3cn(Cc4ccccc4)c(=O)[nH]c3=O)cc2)C(=O)Nc2ccc(-c3nn[nH]n3)cc2)CC1. The number of nitrogens with zero attached hydrogens (tertiary/aromatic N) is 4. The summed E-state index contributed by atoms with van der Waals surface area (Å²) in [5, 5.41) is 19.9. The lowest BCUT2D eigenvalue weighted by atomic mass is 9.81. The summed E-state index contributed by atoms with van der Waals surface area (Å²) < 4.78 is 1.46. The highest BCUT2D eigenvalue weighted by molar-refractivity contribution is 5.97. The van der Waals surface area contributed by atoms with E-state index in [-0.39, 0.29) is 24.2 Å². The maximum absolute atomic E-state index is 13.6. The summed E-state index contributed by atoms with van der Waals surface area (Å²) in [6.07, 6.45) is 5.02. The van der Waals surface area contributed by atoms with Gasteiger partial charge in [-0.15, -0.1) is 10.2 Å². The Kier molecular flexibility index (Phi) is 9.96. The second-order valence-electron chi connectivity index (χ2n) is 12.1. The molecule has 0 saturated heterocycles. The molecule has 1 aliphatic rings. The van der Waals surface area contributed by atoms with E-state index < -0.39 is 17.3 Å². The van der Waals surface area contributed by atoms with Gasteiger partial charge < -0.3 is 16.4 Å². The zero-order valence-corrected chi connectivity index (χ0v) is 26.3. The molecule has 0 aliphatic heterocycles. The van der Waals surface area contributed by atoms with Crippen molar-refractivity contribution in [2.75, 3.05) is 11.9 Å². The van der Waals surface area contributed by atoms with Crippen LogP contribution in [0.15, 0.2) is 94.6 Å². The smallest absolute Gasteiger partial charge is 0.328 e. The summed E-state index contributed by atoms with van der Waals surface area (Å²) in [4.78, 5) is 54.7. The topological polar surface area (TPSA) is 194 Å².